The summed E-state index contributed by atoms with van der Waals surface area (Å²) in [5.74, 6) is 0.444. The van der Waals surface area contributed by atoms with E-state index in [4.69, 9.17) is 5.73 Å². The summed E-state index contributed by atoms with van der Waals surface area (Å²) in [6, 6.07) is -0.602. The third-order valence-corrected chi connectivity index (χ3v) is 5.37. The Kier molecular flexibility index (Phi) is 6.68. The lowest BCUT2D eigenvalue weighted by molar-refractivity contribution is -0.120. The van der Waals surface area contributed by atoms with Crippen molar-refractivity contribution in [1.29, 1.82) is 0 Å². The van der Waals surface area contributed by atoms with Crippen LogP contribution in [-0.4, -0.2) is 16.2 Å². The lowest BCUT2D eigenvalue weighted by Crippen LogP contribution is -2.42. The van der Waals surface area contributed by atoms with Gasteiger partial charge in [0.1, 0.15) is 0 Å². The molecule has 0 aromatic carbocycles. The molecule has 6 heteroatoms. The highest BCUT2D eigenvalue weighted by atomic mass is 127. The third-order valence-electron chi connectivity index (χ3n) is 2.89. The summed E-state index contributed by atoms with van der Waals surface area (Å²) in [6.45, 7) is 6.12. The lowest BCUT2D eigenvalue weighted by atomic mass is 10.0. The van der Waals surface area contributed by atoms with Gasteiger partial charge in [0, 0.05) is 0 Å². The van der Waals surface area contributed by atoms with Crippen LogP contribution < -0.4 is 10.5 Å². The Labute approximate surface area is 131 Å². The zero-order valence-corrected chi connectivity index (χ0v) is 14.5. The zero-order chi connectivity index (χ0) is 14.6. The van der Waals surface area contributed by atoms with E-state index in [0.29, 0.717) is 23.2 Å². The van der Waals surface area contributed by atoms with Gasteiger partial charge in [-0.2, -0.15) is 0 Å². The van der Waals surface area contributed by atoms with Crippen LogP contribution in [0, 0.1) is 11.8 Å². The van der Waals surface area contributed by atoms with Gasteiger partial charge in [-0.3, -0.25) is 9.52 Å². The van der Waals surface area contributed by atoms with E-state index >= 15 is 0 Å². The number of halogens is 1. The molecule has 0 aromatic rings. The molecule has 0 heterocycles. The quantitative estimate of drug-likeness (QED) is 0.701. The maximum atomic E-state index is 12.1. The molecule has 0 aliphatic heterocycles. The van der Waals surface area contributed by atoms with Crippen LogP contribution in [-0.2, 0) is 15.8 Å². The number of hydrogen-bond acceptors (Lipinski definition) is 3. The third kappa shape index (κ3) is 5.35. The zero-order valence-electron chi connectivity index (χ0n) is 11.5. The van der Waals surface area contributed by atoms with E-state index in [1.165, 1.54) is 0 Å². The molecule has 1 rings (SSSR count). The van der Waals surface area contributed by atoms with Gasteiger partial charge in [0.15, 0.2) is 11.0 Å². The van der Waals surface area contributed by atoms with Gasteiger partial charge in [0.25, 0.3) is 0 Å². The van der Waals surface area contributed by atoms with E-state index in [1.54, 1.807) is 0 Å². The summed E-state index contributed by atoms with van der Waals surface area (Å²) in [7, 11) is -1.51. The molecule has 0 fully saturated rings. The Balaban J connectivity index is 2.59. The van der Waals surface area contributed by atoms with E-state index in [1.807, 2.05) is 26.0 Å². The molecule has 1 aliphatic rings. The summed E-state index contributed by atoms with van der Waals surface area (Å²) in [6.07, 6.45) is 5.23. The fourth-order valence-corrected chi connectivity index (χ4v) is 3.45. The SMILES string of the molecule is CC(C)CC(N)C(=O)NS(=O)C1=CCC(C)C(I)=C1. The molecule has 3 atom stereocenters. The first-order valence-electron chi connectivity index (χ1n) is 6.36. The first kappa shape index (κ1) is 16.8. The van der Waals surface area contributed by atoms with Crippen molar-refractivity contribution >= 4 is 39.5 Å². The van der Waals surface area contributed by atoms with E-state index in [9.17, 15) is 9.00 Å². The van der Waals surface area contributed by atoms with E-state index in [0.717, 1.165) is 10.0 Å². The highest BCUT2D eigenvalue weighted by molar-refractivity contribution is 14.1. The van der Waals surface area contributed by atoms with Gasteiger partial charge in [-0.25, -0.2) is 4.21 Å². The second-order valence-corrected chi connectivity index (χ2v) is 7.70. The number of amides is 1. The molecule has 0 saturated carbocycles. The van der Waals surface area contributed by atoms with Crippen molar-refractivity contribution in [3.05, 3.63) is 20.6 Å². The van der Waals surface area contributed by atoms with Crippen molar-refractivity contribution in [2.24, 2.45) is 17.6 Å². The second kappa shape index (κ2) is 7.54. The molecule has 3 N–H and O–H groups in total. The fourth-order valence-electron chi connectivity index (χ4n) is 1.71. The highest BCUT2D eigenvalue weighted by Gasteiger charge is 2.20. The van der Waals surface area contributed by atoms with Crippen LogP contribution in [0.1, 0.15) is 33.6 Å². The molecule has 1 aliphatic carbocycles. The van der Waals surface area contributed by atoms with Gasteiger partial charge in [-0.15, -0.1) is 0 Å². The van der Waals surface area contributed by atoms with Gasteiger partial charge in [-0.1, -0.05) is 26.8 Å². The summed E-state index contributed by atoms with van der Waals surface area (Å²) in [4.78, 5) is 12.5. The molecule has 1 amide bonds. The predicted molar refractivity (Wildman–Crippen MR) is 87.7 cm³/mol. The smallest absolute Gasteiger partial charge is 0.248 e. The fraction of sp³-hybridized carbons (Fsp3) is 0.615. The highest BCUT2D eigenvalue weighted by Crippen LogP contribution is 2.29. The average molecular weight is 396 g/mol. The maximum absolute atomic E-state index is 12.1. The van der Waals surface area contributed by atoms with Crippen LogP contribution in [0.15, 0.2) is 20.6 Å². The second-order valence-electron chi connectivity index (χ2n) is 5.24. The van der Waals surface area contributed by atoms with Gasteiger partial charge < -0.3 is 5.73 Å². The number of carbonyl (C=O) groups is 1. The van der Waals surface area contributed by atoms with E-state index < -0.39 is 17.0 Å². The standard InChI is InChI=1S/C13H21IN2O2S/c1-8(2)6-12(15)13(17)16-19(18)10-5-4-9(3)11(14)7-10/h5,7-9,12H,4,6,15H2,1-3H3,(H,16,17). The Hall–Kier alpha value is -0.210. The summed E-state index contributed by atoms with van der Waals surface area (Å²) in [5, 5.41) is 0. The molecular weight excluding hydrogens is 375 g/mol. The summed E-state index contributed by atoms with van der Waals surface area (Å²) in [5.41, 5.74) is 5.76. The number of hydrogen-bond donors (Lipinski definition) is 2. The molecule has 0 aromatic heterocycles. The van der Waals surface area contributed by atoms with Crippen molar-refractivity contribution < 1.29 is 9.00 Å². The van der Waals surface area contributed by atoms with Crippen LogP contribution >= 0.6 is 22.6 Å². The molecule has 0 radical (unpaired) electrons. The first-order valence-corrected chi connectivity index (χ1v) is 8.59. The van der Waals surface area contributed by atoms with E-state index in [2.05, 4.69) is 34.2 Å². The maximum Gasteiger partial charge on any atom is 0.248 e. The number of nitrogens with one attached hydrogen (secondary N) is 1. The molecule has 0 saturated heterocycles. The molecule has 0 bridgehead atoms. The monoisotopic (exact) mass is 396 g/mol. The Bertz CT molecular complexity index is 432. The molecule has 3 unspecified atom stereocenters. The first-order chi connectivity index (χ1) is 8.81. The number of allylic oxidation sites excluding steroid dienone is 3. The number of nitrogens with two attached hydrogens (primary N) is 1. The summed E-state index contributed by atoms with van der Waals surface area (Å²) >= 11 is 2.24. The number of rotatable bonds is 5. The van der Waals surface area contributed by atoms with Crippen molar-refractivity contribution in [3.8, 4) is 0 Å². The minimum absolute atomic E-state index is 0.338. The van der Waals surface area contributed by atoms with Gasteiger partial charge in [-0.05, 0) is 56.9 Å². The van der Waals surface area contributed by atoms with Crippen LogP contribution in [0.3, 0.4) is 0 Å². The van der Waals surface area contributed by atoms with Gasteiger partial charge in [0.2, 0.25) is 5.91 Å². The normalized spacial score (nSPS) is 22.5. The molecular formula is C13H21IN2O2S. The average Bonchev–Trinajstić information content (AvgIpc) is 2.31. The van der Waals surface area contributed by atoms with Crippen molar-refractivity contribution in [2.75, 3.05) is 0 Å². The Morgan fingerprint density at radius 3 is 2.79 bits per heavy atom. The van der Waals surface area contributed by atoms with Crippen LogP contribution in [0.4, 0.5) is 0 Å². The number of carbonyl (C=O) groups excluding carboxylic acids is 1. The van der Waals surface area contributed by atoms with Gasteiger partial charge in [0.05, 0.1) is 10.9 Å². The van der Waals surface area contributed by atoms with Gasteiger partial charge >= 0.3 is 0 Å². The Morgan fingerprint density at radius 1 is 1.63 bits per heavy atom. The van der Waals surface area contributed by atoms with Crippen LogP contribution in [0.2, 0.25) is 0 Å². The predicted octanol–water partition coefficient (Wildman–Crippen LogP) is 2.38. The minimum Gasteiger partial charge on any atom is -0.320 e. The molecule has 4 nitrogen and oxygen atoms in total. The molecule has 0 spiro atoms. The molecule has 108 valence electrons. The van der Waals surface area contributed by atoms with E-state index in [-0.39, 0.29) is 5.91 Å². The molecule has 19 heavy (non-hydrogen) atoms. The van der Waals surface area contributed by atoms with Crippen molar-refractivity contribution in [1.82, 2.24) is 4.72 Å². The lowest BCUT2D eigenvalue weighted by Gasteiger charge is -2.17. The largest absolute Gasteiger partial charge is 0.320 e. The Morgan fingerprint density at radius 2 is 2.26 bits per heavy atom. The minimum atomic E-state index is -1.51. The van der Waals surface area contributed by atoms with Crippen molar-refractivity contribution in [3.63, 3.8) is 0 Å². The summed E-state index contributed by atoms with van der Waals surface area (Å²) < 4.78 is 15.7. The van der Waals surface area contributed by atoms with Crippen molar-refractivity contribution in [2.45, 2.75) is 39.7 Å². The topological polar surface area (TPSA) is 72.2 Å². The van der Waals surface area contributed by atoms with Crippen LogP contribution in [0.5, 0.6) is 0 Å². The van der Waals surface area contributed by atoms with Crippen LogP contribution in [0.25, 0.3) is 0 Å².